The van der Waals surface area contributed by atoms with E-state index >= 15 is 0 Å². The number of nitrogens with zero attached hydrogens (tertiary/aromatic N) is 2. The summed E-state index contributed by atoms with van der Waals surface area (Å²) in [6, 6.07) is 18.2. The van der Waals surface area contributed by atoms with Crippen LogP contribution in [-0.4, -0.2) is 59.9 Å². The highest BCUT2D eigenvalue weighted by molar-refractivity contribution is 5.86. The van der Waals surface area contributed by atoms with Crippen LogP contribution in [0.25, 0.3) is 10.9 Å². The Labute approximate surface area is 195 Å². The van der Waals surface area contributed by atoms with Gasteiger partial charge in [0.1, 0.15) is 0 Å². The summed E-state index contributed by atoms with van der Waals surface area (Å²) in [6.45, 7) is 2.08. The second kappa shape index (κ2) is 11.1. The van der Waals surface area contributed by atoms with Gasteiger partial charge < -0.3 is 19.5 Å². The zero-order valence-electron chi connectivity index (χ0n) is 19.3. The average Bonchev–Trinajstić information content (AvgIpc) is 3.21. The van der Waals surface area contributed by atoms with E-state index in [2.05, 4.69) is 17.1 Å². The minimum atomic E-state index is -0.0255. The number of hydrogen-bond acceptors (Lipinski definition) is 3. The van der Waals surface area contributed by atoms with E-state index in [-0.39, 0.29) is 24.3 Å². The number of ether oxygens (including phenoxy) is 1. The first-order valence-corrected chi connectivity index (χ1v) is 11.8. The largest absolute Gasteiger partial charge is 0.383 e. The molecule has 1 aliphatic carbocycles. The van der Waals surface area contributed by atoms with Crippen molar-refractivity contribution in [3.8, 4) is 0 Å². The van der Waals surface area contributed by atoms with Crippen molar-refractivity contribution in [3.63, 3.8) is 0 Å². The predicted octanol–water partition coefficient (Wildman–Crippen LogP) is 4.01. The molecule has 1 fully saturated rings. The van der Waals surface area contributed by atoms with E-state index in [1.165, 1.54) is 10.9 Å². The summed E-state index contributed by atoms with van der Waals surface area (Å²) in [7, 11) is 1.62. The molecule has 0 saturated heterocycles. The van der Waals surface area contributed by atoms with Gasteiger partial charge in [0.15, 0.2) is 0 Å². The van der Waals surface area contributed by atoms with Crippen LogP contribution in [0.1, 0.15) is 30.4 Å². The third kappa shape index (κ3) is 5.82. The summed E-state index contributed by atoms with van der Waals surface area (Å²) in [5.74, 6) is 0.119. The van der Waals surface area contributed by atoms with Crippen molar-refractivity contribution in [2.75, 3.05) is 33.4 Å². The summed E-state index contributed by atoms with van der Waals surface area (Å²) in [4.78, 5) is 33.3. The molecule has 3 aromatic rings. The van der Waals surface area contributed by atoms with E-state index in [4.69, 9.17) is 4.74 Å². The SMILES string of the molecule is COCCN(CC(=O)N(CCc1c[nH]c2ccccc12)Cc1ccccc1)C(=O)C1CCC1. The Kier molecular flexibility index (Phi) is 7.79. The van der Waals surface area contributed by atoms with E-state index < -0.39 is 0 Å². The number of carbonyl (C=O) groups is 2. The third-order valence-electron chi connectivity index (χ3n) is 6.55. The van der Waals surface area contributed by atoms with Crippen molar-refractivity contribution < 1.29 is 14.3 Å². The first-order chi connectivity index (χ1) is 16.2. The summed E-state index contributed by atoms with van der Waals surface area (Å²) in [5.41, 5.74) is 3.38. The quantitative estimate of drug-likeness (QED) is 0.483. The molecule has 0 aliphatic heterocycles. The molecule has 0 radical (unpaired) electrons. The lowest BCUT2D eigenvalue weighted by Gasteiger charge is -2.33. The molecule has 33 heavy (non-hydrogen) atoms. The van der Waals surface area contributed by atoms with Gasteiger partial charge >= 0.3 is 0 Å². The maximum Gasteiger partial charge on any atom is 0.242 e. The lowest BCUT2D eigenvalue weighted by Crippen LogP contribution is -2.47. The van der Waals surface area contributed by atoms with Crippen LogP contribution in [0.4, 0.5) is 0 Å². The number of aromatic nitrogens is 1. The standard InChI is InChI=1S/C27H33N3O3/c1-33-17-16-30(27(32)22-10-7-11-22)20-26(31)29(19-21-8-3-2-4-9-21)15-14-23-18-28-25-13-6-5-12-24(23)25/h2-6,8-9,12-13,18,22,28H,7,10-11,14-17,19-20H2,1H3. The number of H-pyrrole nitrogens is 1. The van der Waals surface area contributed by atoms with Crippen LogP contribution in [0.5, 0.6) is 0 Å². The van der Waals surface area contributed by atoms with Gasteiger partial charge in [-0.05, 0) is 36.5 Å². The van der Waals surface area contributed by atoms with E-state index in [1.807, 2.05) is 53.6 Å². The van der Waals surface area contributed by atoms with E-state index in [0.717, 1.165) is 36.8 Å². The van der Waals surface area contributed by atoms with Crippen molar-refractivity contribution in [1.29, 1.82) is 0 Å². The Bertz CT molecular complexity index is 1060. The van der Waals surface area contributed by atoms with E-state index in [0.29, 0.717) is 26.2 Å². The molecular weight excluding hydrogens is 414 g/mol. The first-order valence-electron chi connectivity index (χ1n) is 11.8. The Balaban J connectivity index is 1.48. The zero-order valence-corrected chi connectivity index (χ0v) is 19.3. The molecule has 6 nitrogen and oxygen atoms in total. The van der Waals surface area contributed by atoms with Crippen molar-refractivity contribution in [1.82, 2.24) is 14.8 Å². The highest BCUT2D eigenvalue weighted by Gasteiger charge is 2.31. The number of methoxy groups -OCH3 is 1. The molecule has 2 amide bonds. The number of rotatable bonds is 11. The van der Waals surface area contributed by atoms with Gasteiger partial charge in [-0.3, -0.25) is 9.59 Å². The fraction of sp³-hybridized carbons (Fsp3) is 0.407. The smallest absolute Gasteiger partial charge is 0.242 e. The Morgan fingerprint density at radius 3 is 2.48 bits per heavy atom. The molecule has 0 unspecified atom stereocenters. The summed E-state index contributed by atoms with van der Waals surface area (Å²) < 4.78 is 5.21. The van der Waals surface area contributed by atoms with Crippen molar-refractivity contribution in [2.45, 2.75) is 32.2 Å². The second-order valence-electron chi connectivity index (χ2n) is 8.79. The van der Waals surface area contributed by atoms with E-state index in [1.54, 1.807) is 12.0 Å². The molecular formula is C27H33N3O3. The topological polar surface area (TPSA) is 65.6 Å². The fourth-order valence-corrected chi connectivity index (χ4v) is 4.33. The van der Waals surface area contributed by atoms with Gasteiger partial charge in [0.05, 0.1) is 13.2 Å². The molecule has 174 valence electrons. The molecule has 0 bridgehead atoms. The minimum absolute atomic E-state index is 0.0255. The predicted molar refractivity (Wildman–Crippen MR) is 130 cm³/mol. The maximum absolute atomic E-state index is 13.5. The van der Waals surface area contributed by atoms with Crippen LogP contribution in [0.3, 0.4) is 0 Å². The highest BCUT2D eigenvalue weighted by Crippen LogP contribution is 2.28. The maximum atomic E-state index is 13.5. The van der Waals surface area contributed by atoms with Gasteiger partial charge in [0.25, 0.3) is 0 Å². The molecule has 1 aromatic heterocycles. The molecule has 1 aliphatic rings. The highest BCUT2D eigenvalue weighted by atomic mass is 16.5. The van der Waals surface area contributed by atoms with Gasteiger partial charge in [-0.1, -0.05) is 55.0 Å². The summed E-state index contributed by atoms with van der Waals surface area (Å²) in [6.07, 6.45) is 5.71. The number of aromatic amines is 1. The van der Waals surface area contributed by atoms with Gasteiger partial charge in [-0.2, -0.15) is 0 Å². The number of para-hydroxylation sites is 1. The molecule has 1 saturated carbocycles. The lowest BCUT2D eigenvalue weighted by molar-refractivity contribution is -0.145. The Hall–Kier alpha value is -3.12. The zero-order chi connectivity index (χ0) is 23.0. The summed E-state index contributed by atoms with van der Waals surface area (Å²) in [5, 5.41) is 1.19. The normalized spacial score (nSPS) is 13.6. The van der Waals surface area contributed by atoms with Crippen LogP contribution in [-0.2, 0) is 27.3 Å². The Morgan fingerprint density at radius 1 is 1.00 bits per heavy atom. The van der Waals surface area contributed by atoms with Crippen LogP contribution in [0.2, 0.25) is 0 Å². The molecule has 1 heterocycles. The van der Waals surface area contributed by atoms with Crippen molar-refractivity contribution >= 4 is 22.7 Å². The number of carbonyl (C=O) groups excluding carboxylic acids is 2. The van der Waals surface area contributed by atoms with Gasteiger partial charge in [-0.25, -0.2) is 0 Å². The van der Waals surface area contributed by atoms with Gasteiger partial charge in [-0.15, -0.1) is 0 Å². The van der Waals surface area contributed by atoms with Crippen LogP contribution < -0.4 is 0 Å². The molecule has 0 spiro atoms. The van der Waals surface area contributed by atoms with Gasteiger partial charge in [0.2, 0.25) is 11.8 Å². The first kappa shape index (κ1) is 23.1. The van der Waals surface area contributed by atoms with Crippen LogP contribution >= 0.6 is 0 Å². The van der Waals surface area contributed by atoms with Crippen molar-refractivity contribution in [2.24, 2.45) is 5.92 Å². The number of benzene rings is 2. The number of nitrogens with one attached hydrogen (secondary N) is 1. The molecule has 6 heteroatoms. The molecule has 1 N–H and O–H groups in total. The average molecular weight is 448 g/mol. The van der Waals surface area contributed by atoms with Crippen LogP contribution in [0, 0.1) is 5.92 Å². The monoisotopic (exact) mass is 447 g/mol. The number of hydrogen-bond donors (Lipinski definition) is 1. The van der Waals surface area contributed by atoms with Gasteiger partial charge in [0, 0.05) is 49.8 Å². The van der Waals surface area contributed by atoms with Crippen LogP contribution in [0.15, 0.2) is 60.8 Å². The summed E-state index contributed by atoms with van der Waals surface area (Å²) >= 11 is 0. The minimum Gasteiger partial charge on any atom is -0.383 e. The second-order valence-corrected chi connectivity index (χ2v) is 8.79. The third-order valence-corrected chi connectivity index (χ3v) is 6.55. The Morgan fingerprint density at radius 2 is 1.76 bits per heavy atom. The fourth-order valence-electron chi connectivity index (χ4n) is 4.33. The lowest BCUT2D eigenvalue weighted by atomic mass is 9.84. The van der Waals surface area contributed by atoms with E-state index in [9.17, 15) is 9.59 Å². The molecule has 2 aromatic carbocycles. The number of amides is 2. The number of fused-ring (bicyclic) bond motifs is 1. The molecule has 4 rings (SSSR count). The van der Waals surface area contributed by atoms with Crippen molar-refractivity contribution in [3.05, 3.63) is 71.9 Å². The molecule has 0 atom stereocenters.